The van der Waals surface area contributed by atoms with Crippen LogP contribution in [0.2, 0.25) is 0 Å². The van der Waals surface area contributed by atoms with Gasteiger partial charge in [-0.25, -0.2) is 9.18 Å². The summed E-state index contributed by atoms with van der Waals surface area (Å²) in [5, 5.41) is 8.60. The number of halogens is 5. The van der Waals surface area contributed by atoms with Crippen molar-refractivity contribution in [2.45, 2.75) is 6.18 Å². The molecule has 0 saturated heterocycles. The summed E-state index contributed by atoms with van der Waals surface area (Å²) in [6.07, 6.45) is -4.85. The van der Waals surface area contributed by atoms with Crippen molar-refractivity contribution in [2.75, 3.05) is 0 Å². The van der Waals surface area contributed by atoms with Gasteiger partial charge in [0.25, 0.3) is 0 Å². The van der Waals surface area contributed by atoms with Crippen molar-refractivity contribution in [3.05, 3.63) is 39.9 Å². The Morgan fingerprint density at radius 2 is 1.94 bits per heavy atom. The Morgan fingerprint density at radius 1 is 1.35 bits per heavy atom. The van der Waals surface area contributed by atoms with Gasteiger partial charge in [0.1, 0.15) is 5.83 Å². The number of carbonyl (C=O) groups is 1. The van der Waals surface area contributed by atoms with E-state index in [0.717, 1.165) is 17.1 Å². The molecule has 0 aliphatic rings. The SMILES string of the molecule is O=C(O)c1ccc(C(F)=CBr)cc1C(F)(F)F. The van der Waals surface area contributed by atoms with E-state index < -0.39 is 29.1 Å². The maximum atomic E-state index is 13.1. The molecular formula is C10H5BrF4O2. The van der Waals surface area contributed by atoms with E-state index in [-0.39, 0.29) is 5.56 Å². The number of benzene rings is 1. The van der Waals surface area contributed by atoms with Crippen LogP contribution >= 0.6 is 15.9 Å². The summed E-state index contributed by atoms with van der Waals surface area (Å²) < 4.78 is 50.7. The minimum Gasteiger partial charge on any atom is -0.478 e. The zero-order chi connectivity index (χ0) is 13.2. The molecule has 0 bridgehead atoms. The summed E-state index contributed by atoms with van der Waals surface area (Å²) in [5.74, 6) is -2.64. The molecule has 0 amide bonds. The first-order valence-electron chi connectivity index (χ1n) is 4.18. The first-order chi connectivity index (χ1) is 7.77. The van der Waals surface area contributed by atoms with Crippen molar-refractivity contribution in [2.24, 2.45) is 0 Å². The lowest BCUT2D eigenvalue weighted by Crippen LogP contribution is -2.13. The minimum absolute atomic E-state index is 0.348. The van der Waals surface area contributed by atoms with Gasteiger partial charge < -0.3 is 5.11 Å². The maximum Gasteiger partial charge on any atom is 0.417 e. The van der Waals surface area contributed by atoms with Crippen molar-refractivity contribution in [3.8, 4) is 0 Å². The standard InChI is InChI=1S/C10H5BrF4O2/c11-4-8(12)5-1-2-6(9(16)17)7(3-5)10(13,14)15/h1-4H,(H,16,17). The van der Waals surface area contributed by atoms with E-state index in [1.54, 1.807) is 0 Å². The highest BCUT2D eigenvalue weighted by molar-refractivity contribution is 9.11. The lowest BCUT2D eigenvalue weighted by atomic mass is 10.0. The minimum atomic E-state index is -4.85. The van der Waals surface area contributed by atoms with Crippen LogP contribution in [0.3, 0.4) is 0 Å². The second kappa shape index (κ2) is 4.87. The highest BCUT2D eigenvalue weighted by atomic mass is 79.9. The Hall–Kier alpha value is -1.37. The van der Waals surface area contributed by atoms with E-state index in [0.29, 0.717) is 6.07 Å². The van der Waals surface area contributed by atoms with Crippen LogP contribution in [0.1, 0.15) is 21.5 Å². The Balaban J connectivity index is 3.45. The number of rotatable bonds is 2. The molecule has 1 rings (SSSR count). The van der Waals surface area contributed by atoms with Gasteiger partial charge in [0, 0.05) is 10.5 Å². The van der Waals surface area contributed by atoms with Gasteiger partial charge >= 0.3 is 12.1 Å². The first kappa shape index (κ1) is 13.7. The van der Waals surface area contributed by atoms with Gasteiger partial charge in [-0.3, -0.25) is 0 Å². The van der Waals surface area contributed by atoms with Gasteiger partial charge in [-0.2, -0.15) is 13.2 Å². The second-order valence-corrected chi connectivity index (χ2v) is 3.48. The molecule has 0 aliphatic carbocycles. The highest BCUT2D eigenvalue weighted by Gasteiger charge is 2.35. The van der Waals surface area contributed by atoms with Crippen LogP contribution in [0.25, 0.3) is 5.83 Å². The predicted octanol–water partition coefficient (Wildman–Crippen LogP) is 4.07. The molecule has 17 heavy (non-hydrogen) atoms. The average molecular weight is 313 g/mol. The van der Waals surface area contributed by atoms with Gasteiger partial charge in [-0.05, 0) is 12.1 Å². The molecule has 92 valence electrons. The van der Waals surface area contributed by atoms with Gasteiger partial charge in [-0.15, -0.1) is 0 Å². The van der Waals surface area contributed by atoms with Crippen LogP contribution in [-0.2, 0) is 6.18 Å². The fraction of sp³-hybridized carbons (Fsp3) is 0.100. The number of alkyl halides is 3. The van der Waals surface area contributed by atoms with Crippen molar-refractivity contribution in [1.29, 1.82) is 0 Å². The number of carboxylic acid groups (broad SMARTS) is 1. The van der Waals surface area contributed by atoms with Crippen LogP contribution in [0.15, 0.2) is 23.2 Å². The summed E-state index contributed by atoms with van der Waals surface area (Å²) in [6, 6.07) is 2.14. The van der Waals surface area contributed by atoms with E-state index in [9.17, 15) is 22.4 Å². The highest BCUT2D eigenvalue weighted by Crippen LogP contribution is 2.34. The molecule has 1 aromatic rings. The molecule has 2 nitrogen and oxygen atoms in total. The third-order valence-electron chi connectivity index (χ3n) is 1.93. The van der Waals surface area contributed by atoms with Crippen LogP contribution in [-0.4, -0.2) is 11.1 Å². The fourth-order valence-electron chi connectivity index (χ4n) is 1.18. The quantitative estimate of drug-likeness (QED) is 0.836. The fourth-order valence-corrected chi connectivity index (χ4v) is 1.44. The third-order valence-corrected chi connectivity index (χ3v) is 2.33. The Morgan fingerprint density at radius 3 is 2.35 bits per heavy atom. The Bertz CT molecular complexity index is 480. The van der Waals surface area contributed by atoms with Gasteiger partial charge in [0.15, 0.2) is 0 Å². The van der Waals surface area contributed by atoms with Crippen molar-refractivity contribution in [1.82, 2.24) is 0 Å². The van der Waals surface area contributed by atoms with E-state index >= 15 is 0 Å². The summed E-state index contributed by atoms with van der Waals surface area (Å²) in [6.45, 7) is 0. The van der Waals surface area contributed by atoms with Crippen molar-refractivity contribution in [3.63, 3.8) is 0 Å². The van der Waals surface area contributed by atoms with E-state index in [4.69, 9.17) is 5.11 Å². The predicted molar refractivity (Wildman–Crippen MR) is 56.4 cm³/mol. The molecule has 0 atom stereocenters. The topological polar surface area (TPSA) is 37.3 Å². The summed E-state index contributed by atoms with van der Waals surface area (Å²) in [4.78, 5) is 11.4. The molecule has 0 fully saturated rings. The zero-order valence-electron chi connectivity index (χ0n) is 8.05. The van der Waals surface area contributed by atoms with E-state index in [1.807, 2.05) is 0 Å². The first-order valence-corrected chi connectivity index (χ1v) is 5.09. The lowest BCUT2D eigenvalue weighted by Gasteiger charge is -2.11. The molecule has 0 heterocycles. The normalized spacial score (nSPS) is 12.6. The molecular weight excluding hydrogens is 308 g/mol. The van der Waals surface area contributed by atoms with Crippen LogP contribution in [0, 0.1) is 0 Å². The molecule has 1 aromatic carbocycles. The summed E-state index contributed by atoms with van der Waals surface area (Å²) in [5.41, 5.74) is -2.64. The molecule has 0 aromatic heterocycles. The molecule has 0 spiro atoms. The number of hydrogen-bond donors (Lipinski definition) is 1. The number of aromatic carboxylic acids is 1. The number of hydrogen-bond acceptors (Lipinski definition) is 1. The molecule has 0 unspecified atom stereocenters. The summed E-state index contributed by atoms with van der Waals surface area (Å²) in [7, 11) is 0. The van der Waals surface area contributed by atoms with Crippen molar-refractivity contribution >= 4 is 27.7 Å². The largest absolute Gasteiger partial charge is 0.478 e. The van der Waals surface area contributed by atoms with Crippen molar-refractivity contribution < 1.29 is 27.5 Å². The van der Waals surface area contributed by atoms with Crippen LogP contribution in [0.4, 0.5) is 17.6 Å². The van der Waals surface area contributed by atoms with Gasteiger partial charge in [0.2, 0.25) is 0 Å². The lowest BCUT2D eigenvalue weighted by molar-refractivity contribution is -0.138. The third kappa shape index (κ3) is 3.06. The number of carboxylic acids is 1. The molecule has 0 aliphatic heterocycles. The van der Waals surface area contributed by atoms with E-state index in [1.165, 1.54) is 0 Å². The zero-order valence-corrected chi connectivity index (χ0v) is 9.64. The molecule has 0 saturated carbocycles. The molecule has 1 N–H and O–H groups in total. The average Bonchev–Trinajstić information content (AvgIpc) is 2.25. The van der Waals surface area contributed by atoms with Crippen LogP contribution < -0.4 is 0 Å². The smallest absolute Gasteiger partial charge is 0.417 e. The Kier molecular flexibility index (Phi) is 3.92. The summed E-state index contributed by atoms with van der Waals surface area (Å²) >= 11 is 2.64. The van der Waals surface area contributed by atoms with E-state index in [2.05, 4.69) is 15.9 Å². The van der Waals surface area contributed by atoms with Gasteiger partial charge in [0.05, 0.1) is 11.1 Å². The maximum absolute atomic E-state index is 13.1. The van der Waals surface area contributed by atoms with Crippen LogP contribution in [0.5, 0.6) is 0 Å². The second-order valence-electron chi connectivity index (χ2n) is 3.02. The molecule has 7 heteroatoms. The monoisotopic (exact) mass is 312 g/mol. The van der Waals surface area contributed by atoms with Gasteiger partial charge in [-0.1, -0.05) is 22.0 Å². The Labute approximate surface area is 102 Å². The molecule has 0 radical (unpaired) electrons.